The number of aromatic nitrogens is 3. The molecule has 116 valence electrons. The third kappa shape index (κ3) is 2.01. The van der Waals surface area contributed by atoms with E-state index in [4.69, 9.17) is 15.6 Å². The molecule has 0 aromatic carbocycles. The van der Waals surface area contributed by atoms with E-state index in [0.29, 0.717) is 16.9 Å². The van der Waals surface area contributed by atoms with Crippen molar-refractivity contribution >= 4 is 16.9 Å². The van der Waals surface area contributed by atoms with E-state index < -0.39 is 31.1 Å². The Morgan fingerprint density at radius 1 is 1.41 bits per heavy atom. The lowest BCUT2D eigenvalue weighted by atomic mass is 10.1. The molecule has 22 heavy (non-hydrogen) atoms. The van der Waals surface area contributed by atoms with Crippen LogP contribution in [0.15, 0.2) is 6.20 Å². The first-order valence-electron chi connectivity index (χ1n) is 6.65. The molecule has 5 N–H and O–H groups in total. The number of hydrogen-bond donors (Lipinski definition) is 4. The van der Waals surface area contributed by atoms with E-state index in [2.05, 4.69) is 9.97 Å². The number of rotatable bonds is 2. The smallest absolute Gasteiger partial charge is 0.164 e. The molecular formula is C13H15N5O4. The Morgan fingerprint density at radius 3 is 2.73 bits per heavy atom. The van der Waals surface area contributed by atoms with E-state index in [1.807, 2.05) is 6.07 Å². The molecule has 9 nitrogen and oxygen atoms in total. The predicted octanol–water partition coefficient (Wildman–Crippen LogP) is -1.19. The first kappa shape index (κ1) is 14.7. The van der Waals surface area contributed by atoms with Crippen molar-refractivity contribution in [3.63, 3.8) is 0 Å². The van der Waals surface area contributed by atoms with Gasteiger partial charge >= 0.3 is 0 Å². The average molecular weight is 305 g/mol. The monoisotopic (exact) mass is 305 g/mol. The standard InChI is InChI=1S/C13H15N5O4/c1-5-16-11(15)8-6(2-14)3-18(12(8)17-5)13-10(21)9(20)7(4-19)22-13/h3,7,9-10,13,19-21H,4H2,1H3,(H2,15,16,17)/t7-,9-,10-,13-/m1/s1. The van der Waals surface area contributed by atoms with Crippen molar-refractivity contribution in [3.05, 3.63) is 17.6 Å². The van der Waals surface area contributed by atoms with Crippen LogP contribution in [-0.2, 0) is 4.74 Å². The lowest BCUT2D eigenvalue weighted by molar-refractivity contribution is -0.0508. The summed E-state index contributed by atoms with van der Waals surface area (Å²) in [6.07, 6.45) is -2.96. The first-order valence-corrected chi connectivity index (χ1v) is 6.65. The third-order valence-corrected chi connectivity index (χ3v) is 3.72. The molecule has 0 unspecified atom stereocenters. The van der Waals surface area contributed by atoms with Gasteiger partial charge in [0, 0.05) is 6.20 Å². The second kappa shape index (κ2) is 5.19. The van der Waals surface area contributed by atoms with Crippen LogP contribution in [-0.4, -0.2) is 54.8 Å². The summed E-state index contributed by atoms with van der Waals surface area (Å²) in [6.45, 7) is 1.21. The maximum absolute atomic E-state index is 10.1. The highest BCUT2D eigenvalue weighted by Crippen LogP contribution is 2.34. The molecular weight excluding hydrogens is 290 g/mol. The molecule has 3 heterocycles. The van der Waals surface area contributed by atoms with Crippen molar-refractivity contribution in [2.75, 3.05) is 12.3 Å². The van der Waals surface area contributed by atoms with Crippen LogP contribution in [0.25, 0.3) is 11.0 Å². The molecule has 1 fully saturated rings. The Morgan fingerprint density at radius 2 is 2.14 bits per heavy atom. The molecule has 0 aliphatic carbocycles. The van der Waals surface area contributed by atoms with Crippen LogP contribution in [0, 0.1) is 18.3 Å². The number of aryl methyl sites for hydroxylation is 1. The van der Waals surface area contributed by atoms with E-state index >= 15 is 0 Å². The van der Waals surface area contributed by atoms with Gasteiger partial charge in [-0.1, -0.05) is 0 Å². The SMILES string of the molecule is Cc1nc(N)c2c(C#N)cn([C@@H]3O[C@H](CO)[C@@H](O)[C@H]3O)c2n1. The number of aliphatic hydroxyl groups excluding tert-OH is 3. The minimum atomic E-state index is -1.27. The van der Waals surface area contributed by atoms with Crippen molar-refractivity contribution in [3.8, 4) is 6.07 Å². The van der Waals surface area contributed by atoms with Crippen molar-refractivity contribution in [2.24, 2.45) is 0 Å². The van der Waals surface area contributed by atoms with E-state index in [0.717, 1.165) is 0 Å². The molecule has 1 saturated heterocycles. The lowest BCUT2D eigenvalue weighted by Crippen LogP contribution is -2.33. The number of nitrogens with zero attached hydrogens (tertiary/aromatic N) is 4. The Hall–Kier alpha value is -2.25. The minimum absolute atomic E-state index is 0.157. The summed E-state index contributed by atoms with van der Waals surface area (Å²) in [5.74, 6) is 0.560. The zero-order valence-electron chi connectivity index (χ0n) is 11.7. The van der Waals surface area contributed by atoms with Crippen LogP contribution in [0.1, 0.15) is 17.6 Å². The fourth-order valence-corrected chi connectivity index (χ4v) is 2.68. The Labute approximate surface area is 125 Å². The molecule has 0 spiro atoms. The maximum atomic E-state index is 10.1. The summed E-state index contributed by atoms with van der Waals surface area (Å²) in [7, 11) is 0. The van der Waals surface area contributed by atoms with Crippen molar-refractivity contribution in [1.29, 1.82) is 5.26 Å². The molecule has 9 heteroatoms. The molecule has 4 atom stereocenters. The lowest BCUT2D eigenvalue weighted by Gasteiger charge is -2.17. The quantitative estimate of drug-likeness (QED) is 0.540. The summed E-state index contributed by atoms with van der Waals surface area (Å²) in [5, 5.41) is 38.8. The van der Waals surface area contributed by atoms with Crippen LogP contribution >= 0.6 is 0 Å². The van der Waals surface area contributed by atoms with E-state index in [-0.39, 0.29) is 11.4 Å². The minimum Gasteiger partial charge on any atom is -0.394 e. The third-order valence-electron chi connectivity index (χ3n) is 3.72. The Balaban J connectivity index is 2.18. The molecule has 2 aromatic heterocycles. The number of aliphatic hydroxyl groups is 3. The van der Waals surface area contributed by atoms with Gasteiger partial charge in [0.15, 0.2) is 6.23 Å². The Bertz CT molecular complexity index is 768. The number of anilines is 1. The average Bonchev–Trinajstić information content (AvgIpc) is 2.98. The molecule has 2 aromatic rings. The molecule has 0 amide bonds. The summed E-state index contributed by atoms with van der Waals surface area (Å²) < 4.78 is 6.90. The molecule has 1 aliphatic rings. The molecule has 3 rings (SSSR count). The first-order chi connectivity index (χ1) is 10.5. The summed E-state index contributed by atoms with van der Waals surface area (Å²) >= 11 is 0. The number of nitriles is 1. The highest BCUT2D eigenvalue weighted by atomic mass is 16.6. The predicted molar refractivity (Wildman–Crippen MR) is 74.4 cm³/mol. The van der Waals surface area contributed by atoms with Crippen LogP contribution in [0.5, 0.6) is 0 Å². The van der Waals surface area contributed by atoms with Gasteiger partial charge in [-0.25, -0.2) is 9.97 Å². The number of hydrogen-bond acceptors (Lipinski definition) is 8. The zero-order chi connectivity index (χ0) is 16.0. The van der Waals surface area contributed by atoms with Gasteiger partial charge in [0.1, 0.15) is 41.7 Å². The number of nitrogens with two attached hydrogens (primary N) is 1. The van der Waals surface area contributed by atoms with Crippen LogP contribution in [0.4, 0.5) is 5.82 Å². The molecule has 0 radical (unpaired) electrons. The summed E-state index contributed by atoms with van der Waals surface area (Å²) in [4.78, 5) is 8.27. The van der Waals surface area contributed by atoms with E-state index in [9.17, 15) is 15.5 Å². The summed E-state index contributed by atoms with van der Waals surface area (Å²) in [5.41, 5.74) is 6.42. The van der Waals surface area contributed by atoms with Crippen molar-refractivity contribution < 1.29 is 20.1 Å². The largest absolute Gasteiger partial charge is 0.394 e. The highest BCUT2D eigenvalue weighted by molar-refractivity contribution is 5.92. The number of ether oxygens (including phenoxy) is 1. The van der Waals surface area contributed by atoms with Gasteiger partial charge in [-0.15, -0.1) is 0 Å². The van der Waals surface area contributed by atoms with Gasteiger partial charge < -0.3 is 30.4 Å². The van der Waals surface area contributed by atoms with Gasteiger partial charge in [-0.05, 0) is 6.92 Å². The second-order valence-corrected chi connectivity index (χ2v) is 5.15. The van der Waals surface area contributed by atoms with Gasteiger partial charge in [-0.3, -0.25) is 0 Å². The van der Waals surface area contributed by atoms with E-state index in [1.165, 1.54) is 10.8 Å². The second-order valence-electron chi connectivity index (χ2n) is 5.15. The zero-order valence-corrected chi connectivity index (χ0v) is 11.7. The van der Waals surface area contributed by atoms with Crippen molar-refractivity contribution in [1.82, 2.24) is 14.5 Å². The summed E-state index contributed by atoms with van der Waals surface area (Å²) in [6, 6.07) is 2.00. The van der Waals surface area contributed by atoms with Crippen LogP contribution in [0.2, 0.25) is 0 Å². The molecule has 0 saturated carbocycles. The highest BCUT2D eigenvalue weighted by Gasteiger charge is 2.44. The fraction of sp³-hybridized carbons (Fsp3) is 0.462. The topological polar surface area (TPSA) is 150 Å². The number of fused-ring (bicyclic) bond motifs is 1. The number of nitrogen functional groups attached to an aromatic ring is 1. The van der Waals surface area contributed by atoms with Crippen LogP contribution < -0.4 is 5.73 Å². The van der Waals surface area contributed by atoms with Crippen LogP contribution in [0.3, 0.4) is 0 Å². The van der Waals surface area contributed by atoms with Gasteiger partial charge in [0.25, 0.3) is 0 Å². The molecule has 1 aliphatic heterocycles. The van der Waals surface area contributed by atoms with Crippen molar-refractivity contribution in [2.45, 2.75) is 31.5 Å². The van der Waals surface area contributed by atoms with Gasteiger partial charge in [0.2, 0.25) is 0 Å². The fourth-order valence-electron chi connectivity index (χ4n) is 2.68. The van der Waals surface area contributed by atoms with Gasteiger partial charge in [-0.2, -0.15) is 5.26 Å². The molecule has 0 bridgehead atoms. The van der Waals surface area contributed by atoms with E-state index in [1.54, 1.807) is 6.92 Å². The van der Waals surface area contributed by atoms with Gasteiger partial charge in [0.05, 0.1) is 17.6 Å². The maximum Gasteiger partial charge on any atom is 0.164 e. The Kier molecular flexibility index (Phi) is 3.46. The normalized spacial score (nSPS) is 28.1.